The monoisotopic (exact) mass is 492 g/mol. The molecule has 0 saturated carbocycles. The Kier molecular flexibility index (Phi) is 6.07. The Balaban J connectivity index is 2.23. The molecule has 3 aromatic rings. The van der Waals surface area contributed by atoms with Crippen LogP contribution in [0.1, 0.15) is 22.7 Å². The Hall–Kier alpha value is -2.60. The van der Waals surface area contributed by atoms with Crippen LogP contribution in [0, 0.1) is 0 Å². The second kappa shape index (κ2) is 8.15. The first kappa shape index (κ1) is 23.1. The Morgan fingerprint density at radius 3 is 2.26 bits per heavy atom. The molecule has 0 aliphatic heterocycles. The second-order valence-electron chi connectivity index (χ2n) is 6.40. The normalized spacial score (nSPS) is 13.2. The number of primary sulfonamides is 1. The highest BCUT2D eigenvalue weighted by Gasteiger charge is 2.37. The smallest absolute Gasteiger partial charge is 0.369 e. The summed E-state index contributed by atoms with van der Waals surface area (Å²) in [5.74, 6) is -1.97. The van der Waals surface area contributed by atoms with E-state index < -0.39 is 43.6 Å². The molecule has 0 radical (unpaired) electrons. The number of amides is 1. The zero-order valence-corrected chi connectivity index (χ0v) is 17.6. The maximum Gasteiger partial charge on any atom is 0.436 e. The van der Waals surface area contributed by atoms with Crippen LogP contribution >= 0.6 is 23.2 Å². The van der Waals surface area contributed by atoms with Crippen LogP contribution in [0.4, 0.5) is 13.2 Å². The van der Waals surface area contributed by atoms with Gasteiger partial charge in [-0.2, -0.15) is 18.3 Å². The summed E-state index contributed by atoms with van der Waals surface area (Å²) >= 11 is 11.8. The van der Waals surface area contributed by atoms with E-state index in [1.165, 1.54) is 18.2 Å². The van der Waals surface area contributed by atoms with E-state index >= 15 is 0 Å². The number of nitrogens with two attached hydrogens (primary N) is 2. The lowest BCUT2D eigenvalue weighted by molar-refractivity contribution is -0.141. The number of hydrogen-bond donors (Lipinski definition) is 2. The highest BCUT2D eigenvalue weighted by molar-refractivity contribution is 7.89. The molecule has 0 aliphatic carbocycles. The van der Waals surface area contributed by atoms with Gasteiger partial charge in [-0.05, 0) is 29.3 Å². The van der Waals surface area contributed by atoms with Crippen molar-refractivity contribution in [1.82, 2.24) is 9.78 Å². The molecule has 2 aromatic carbocycles. The maximum atomic E-state index is 13.0. The summed E-state index contributed by atoms with van der Waals surface area (Å²) in [7, 11) is -4.46. The van der Waals surface area contributed by atoms with Crippen molar-refractivity contribution in [2.24, 2.45) is 10.9 Å². The molecule has 0 bridgehead atoms. The third-order valence-electron chi connectivity index (χ3n) is 4.31. The minimum Gasteiger partial charge on any atom is -0.369 e. The van der Waals surface area contributed by atoms with E-state index in [1.807, 2.05) is 0 Å². The highest BCUT2D eigenvalue weighted by Crippen LogP contribution is 2.36. The van der Waals surface area contributed by atoms with Gasteiger partial charge in [0, 0.05) is 5.02 Å². The predicted octanol–water partition coefficient (Wildman–Crippen LogP) is 3.46. The summed E-state index contributed by atoms with van der Waals surface area (Å²) in [5, 5.41) is 8.08. The molecule has 1 unspecified atom stereocenters. The lowest BCUT2D eigenvalue weighted by Gasteiger charge is -2.18. The topological polar surface area (TPSA) is 121 Å². The maximum absolute atomic E-state index is 13.0. The summed E-state index contributed by atoms with van der Waals surface area (Å²) in [5.41, 5.74) is 4.24. The van der Waals surface area contributed by atoms with E-state index in [1.54, 1.807) is 12.1 Å². The molecule has 0 aliphatic rings. The van der Waals surface area contributed by atoms with Gasteiger partial charge >= 0.3 is 6.18 Å². The molecule has 7 nitrogen and oxygen atoms in total. The van der Waals surface area contributed by atoms with Crippen LogP contribution in [0.3, 0.4) is 0 Å². The van der Waals surface area contributed by atoms with Crippen molar-refractivity contribution in [1.29, 1.82) is 0 Å². The number of nitrogens with zero attached hydrogens (tertiary/aromatic N) is 2. The molecule has 1 aromatic heterocycles. The van der Waals surface area contributed by atoms with Crippen molar-refractivity contribution < 1.29 is 26.4 Å². The number of alkyl halides is 3. The van der Waals surface area contributed by atoms with Crippen LogP contribution in [0.25, 0.3) is 5.69 Å². The van der Waals surface area contributed by atoms with Gasteiger partial charge in [0.05, 0.1) is 22.8 Å². The summed E-state index contributed by atoms with van der Waals surface area (Å²) < 4.78 is 64.1. The van der Waals surface area contributed by atoms with Gasteiger partial charge in [-0.25, -0.2) is 18.2 Å². The summed E-state index contributed by atoms with van der Waals surface area (Å²) in [6.07, 6.45) is -4.06. The quantitative estimate of drug-likeness (QED) is 0.566. The molecule has 164 valence electrons. The number of carbonyl (C=O) groups is 1. The van der Waals surface area contributed by atoms with Crippen molar-refractivity contribution >= 4 is 39.1 Å². The molecule has 0 fully saturated rings. The Bertz CT molecular complexity index is 1280. The van der Waals surface area contributed by atoms with E-state index in [9.17, 15) is 26.4 Å². The Morgan fingerprint density at radius 2 is 1.74 bits per heavy atom. The first-order chi connectivity index (χ1) is 14.3. The van der Waals surface area contributed by atoms with Gasteiger partial charge in [-0.1, -0.05) is 47.5 Å². The number of benzene rings is 2. The molecule has 1 atom stereocenters. The number of halogens is 5. The van der Waals surface area contributed by atoms with E-state index in [0.29, 0.717) is 10.2 Å². The number of primary amides is 1. The molecular formula is C18H13Cl2F3N4O3S. The van der Waals surface area contributed by atoms with Crippen molar-refractivity contribution in [3.05, 3.63) is 75.5 Å². The van der Waals surface area contributed by atoms with Gasteiger partial charge in [-0.3, -0.25) is 4.79 Å². The van der Waals surface area contributed by atoms with Crippen LogP contribution < -0.4 is 10.9 Å². The average Bonchev–Trinajstić information content (AvgIpc) is 3.04. The zero-order valence-electron chi connectivity index (χ0n) is 15.3. The molecular weight excluding hydrogens is 480 g/mol. The van der Waals surface area contributed by atoms with Gasteiger partial charge < -0.3 is 5.73 Å². The molecule has 3 rings (SSSR count). The van der Waals surface area contributed by atoms with Crippen molar-refractivity contribution in [2.45, 2.75) is 17.0 Å². The van der Waals surface area contributed by atoms with Crippen molar-refractivity contribution in [3.8, 4) is 5.69 Å². The van der Waals surface area contributed by atoms with Crippen LogP contribution in [-0.4, -0.2) is 24.1 Å². The highest BCUT2D eigenvalue weighted by atomic mass is 35.5. The minimum atomic E-state index is -4.86. The number of carbonyl (C=O) groups excluding carboxylic acids is 1. The van der Waals surface area contributed by atoms with Gasteiger partial charge in [-0.15, -0.1) is 0 Å². The Morgan fingerprint density at radius 1 is 1.10 bits per heavy atom. The first-order valence-corrected chi connectivity index (χ1v) is 10.6. The zero-order chi connectivity index (χ0) is 23.1. The fourth-order valence-corrected chi connectivity index (χ4v) is 4.24. The van der Waals surface area contributed by atoms with Crippen LogP contribution in [0.15, 0.2) is 53.6 Å². The fourth-order valence-electron chi connectivity index (χ4n) is 3.00. The minimum absolute atomic E-state index is 0.114. The number of aromatic nitrogens is 2. The number of hydrogen-bond acceptors (Lipinski definition) is 4. The predicted molar refractivity (Wildman–Crippen MR) is 107 cm³/mol. The summed E-state index contributed by atoms with van der Waals surface area (Å²) in [4.78, 5) is 11.6. The van der Waals surface area contributed by atoms with Gasteiger partial charge in [0.2, 0.25) is 15.9 Å². The Labute approximate surface area is 184 Å². The second-order valence-corrected chi connectivity index (χ2v) is 8.74. The van der Waals surface area contributed by atoms with E-state index in [0.717, 1.165) is 18.3 Å². The van der Waals surface area contributed by atoms with Gasteiger partial charge in [0.25, 0.3) is 0 Å². The molecule has 0 spiro atoms. The summed E-state index contributed by atoms with van der Waals surface area (Å²) in [6, 6.07) is 9.78. The molecule has 13 heteroatoms. The fraction of sp³-hybridized carbons (Fsp3) is 0.111. The molecule has 1 amide bonds. The molecule has 1 heterocycles. The SMILES string of the molecule is NC(=O)C(c1ccc(-n2cc(Cl)c(C(F)(F)F)n2)c(S(N)(=O)=O)c1)c1ccccc1Cl. The number of sulfonamides is 1. The van der Waals surface area contributed by atoms with Gasteiger partial charge in [0.1, 0.15) is 4.90 Å². The van der Waals surface area contributed by atoms with E-state index in [2.05, 4.69) is 5.10 Å². The molecule has 31 heavy (non-hydrogen) atoms. The van der Waals surface area contributed by atoms with E-state index in [4.69, 9.17) is 34.1 Å². The molecule has 0 saturated heterocycles. The van der Waals surface area contributed by atoms with Crippen LogP contribution in [0.5, 0.6) is 0 Å². The van der Waals surface area contributed by atoms with Crippen LogP contribution in [-0.2, 0) is 21.0 Å². The van der Waals surface area contributed by atoms with Crippen molar-refractivity contribution in [2.75, 3.05) is 0 Å². The number of rotatable bonds is 5. The van der Waals surface area contributed by atoms with Gasteiger partial charge in [0.15, 0.2) is 5.69 Å². The summed E-state index contributed by atoms with van der Waals surface area (Å²) in [6.45, 7) is 0. The third kappa shape index (κ3) is 4.69. The largest absolute Gasteiger partial charge is 0.436 e. The van der Waals surface area contributed by atoms with Crippen LogP contribution in [0.2, 0.25) is 10.0 Å². The molecule has 4 N–H and O–H groups in total. The first-order valence-electron chi connectivity index (χ1n) is 8.34. The van der Waals surface area contributed by atoms with Crippen molar-refractivity contribution in [3.63, 3.8) is 0 Å². The van der Waals surface area contributed by atoms with E-state index in [-0.39, 0.29) is 16.3 Å². The standard InChI is InChI=1S/C18H13Cl2F3N4O3S/c19-11-4-2-1-3-10(11)15(17(24)28)9-5-6-13(14(7-9)31(25,29)30)27-8-12(20)16(26-27)18(21,22)23/h1-8,15H,(H2,24,28)(H2,25,29,30). The third-order valence-corrected chi connectivity index (χ3v) is 5.87. The average molecular weight is 493 g/mol. The lowest BCUT2D eigenvalue weighted by atomic mass is 9.90. The lowest BCUT2D eigenvalue weighted by Crippen LogP contribution is -2.24.